The monoisotopic (exact) mass is 278 g/mol. The predicted molar refractivity (Wildman–Crippen MR) is 80.6 cm³/mol. The van der Waals surface area contributed by atoms with Crippen molar-refractivity contribution in [3.8, 4) is 0 Å². The predicted octanol–water partition coefficient (Wildman–Crippen LogP) is 5.23. The largest absolute Gasteiger partial charge is 0.299 e. The molecular weight excluding hydrogens is 256 g/mol. The maximum atomic E-state index is 12.3. The highest BCUT2D eigenvalue weighted by Crippen LogP contribution is 2.38. The molecule has 0 saturated heterocycles. The molecule has 0 radical (unpaired) electrons. The molecule has 0 N–H and O–H groups in total. The molecule has 1 aromatic carbocycles. The number of rotatable bonds is 2. The molecule has 0 amide bonds. The summed E-state index contributed by atoms with van der Waals surface area (Å²) < 4.78 is 0. The summed E-state index contributed by atoms with van der Waals surface area (Å²) in [6, 6.07) is 8.17. The van der Waals surface area contributed by atoms with Crippen LogP contribution in [0.3, 0.4) is 0 Å². The van der Waals surface area contributed by atoms with E-state index in [1.54, 1.807) is 0 Å². The average molecular weight is 279 g/mol. The number of benzene rings is 1. The number of carbonyl (C=O) groups excluding carboxylic acids is 1. The Hall–Kier alpha value is -0.820. The molecule has 1 aliphatic rings. The van der Waals surface area contributed by atoms with E-state index in [1.165, 1.54) is 5.56 Å². The van der Waals surface area contributed by atoms with Crippen molar-refractivity contribution in [2.24, 2.45) is 11.3 Å². The maximum absolute atomic E-state index is 12.3. The van der Waals surface area contributed by atoms with E-state index in [0.717, 1.165) is 30.7 Å². The van der Waals surface area contributed by atoms with Gasteiger partial charge in [-0.1, -0.05) is 44.5 Å². The van der Waals surface area contributed by atoms with E-state index in [-0.39, 0.29) is 11.3 Å². The first-order chi connectivity index (χ1) is 8.88. The van der Waals surface area contributed by atoms with Crippen molar-refractivity contribution in [1.29, 1.82) is 0 Å². The zero-order chi connectivity index (χ0) is 14.0. The third-order valence-corrected chi connectivity index (χ3v) is 4.43. The van der Waals surface area contributed by atoms with Crippen LogP contribution in [0, 0.1) is 11.3 Å². The van der Waals surface area contributed by atoms with Crippen LogP contribution in [0.5, 0.6) is 0 Å². The Morgan fingerprint density at radius 2 is 1.58 bits per heavy atom. The van der Waals surface area contributed by atoms with Gasteiger partial charge in [0.25, 0.3) is 0 Å². The molecule has 0 atom stereocenters. The van der Waals surface area contributed by atoms with Crippen LogP contribution in [0.2, 0.25) is 5.02 Å². The minimum atomic E-state index is -0.197. The summed E-state index contributed by atoms with van der Waals surface area (Å²) in [5.74, 6) is 1.30. The second kappa shape index (κ2) is 5.66. The van der Waals surface area contributed by atoms with Gasteiger partial charge in [-0.25, -0.2) is 0 Å². The van der Waals surface area contributed by atoms with Gasteiger partial charge in [-0.3, -0.25) is 4.79 Å². The number of carbonyl (C=O) groups is 1. The van der Waals surface area contributed by atoms with Crippen LogP contribution < -0.4 is 0 Å². The molecule has 1 aliphatic carbocycles. The minimum absolute atomic E-state index is 0.197. The van der Waals surface area contributed by atoms with Crippen LogP contribution in [-0.2, 0) is 4.79 Å². The van der Waals surface area contributed by atoms with Gasteiger partial charge in [0.15, 0.2) is 0 Å². The highest BCUT2D eigenvalue weighted by atomic mass is 35.5. The van der Waals surface area contributed by atoms with Gasteiger partial charge in [0.1, 0.15) is 5.78 Å². The van der Waals surface area contributed by atoms with Crippen LogP contribution >= 0.6 is 11.6 Å². The standard InChI is InChI=1S/C17H23ClO/c1-17(2,3)16(19)14-6-4-12(5-7-14)13-8-10-15(18)11-9-13/h8-12,14H,4-7H2,1-3H3. The number of halogens is 1. The first kappa shape index (κ1) is 14.6. The summed E-state index contributed by atoms with van der Waals surface area (Å²) in [6.45, 7) is 6.09. The summed E-state index contributed by atoms with van der Waals surface area (Å²) in [6.07, 6.45) is 4.30. The van der Waals surface area contributed by atoms with Gasteiger partial charge in [-0.15, -0.1) is 0 Å². The Bertz CT molecular complexity index is 433. The highest BCUT2D eigenvalue weighted by molar-refractivity contribution is 6.30. The van der Waals surface area contributed by atoms with Gasteiger partial charge in [0.2, 0.25) is 0 Å². The molecule has 1 aromatic rings. The Labute approximate surface area is 121 Å². The van der Waals surface area contributed by atoms with Crippen molar-refractivity contribution in [1.82, 2.24) is 0 Å². The Morgan fingerprint density at radius 3 is 2.05 bits per heavy atom. The molecule has 0 unspecified atom stereocenters. The third-order valence-electron chi connectivity index (χ3n) is 4.18. The molecule has 0 aromatic heterocycles. The van der Waals surface area contributed by atoms with E-state index in [0.29, 0.717) is 11.7 Å². The van der Waals surface area contributed by atoms with Gasteiger partial charge >= 0.3 is 0 Å². The summed E-state index contributed by atoms with van der Waals surface area (Å²) >= 11 is 5.92. The van der Waals surface area contributed by atoms with Crippen molar-refractivity contribution in [2.75, 3.05) is 0 Å². The zero-order valence-electron chi connectivity index (χ0n) is 12.1. The molecule has 0 spiro atoms. The smallest absolute Gasteiger partial charge is 0.141 e. The summed E-state index contributed by atoms with van der Waals surface area (Å²) in [5, 5.41) is 0.792. The van der Waals surface area contributed by atoms with Crippen molar-refractivity contribution in [3.05, 3.63) is 34.9 Å². The summed E-state index contributed by atoms with van der Waals surface area (Å²) in [4.78, 5) is 12.3. The molecule has 19 heavy (non-hydrogen) atoms. The molecule has 1 fully saturated rings. The minimum Gasteiger partial charge on any atom is -0.299 e. The average Bonchev–Trinajstić information content (AvgIpc) is 2.38. The van der Waals surface area contributed by atoms with Crippen LogP contribution in [0.4, 0.5) is 0 Å². The zero-order valence-corrected chi connectivity index (χ0v) is 12.8. The molecule has 104 valence electrons. The van der Waals surface area contributed by atoms with Gasteiger partial charge in [-0.05, 0) is 49.3 Å². The normalized spacial score (nSPS) is 24.2. The number of Topliss-reactive ketones (excluding diaryl/α,β-unsaturated/α-hetero) is 1. The third kappa shape index (κ3) is 3.60. The summed E-state index contributed by atoms with van der Waals surface area (Å²) in [7, 11) is 0. The van der Waals surface area contributed by atoms with Crippen molar-refractivity contribution in [2.45, 2.75) is 52.4 Å². The van der Waals surface area contributed by atoms with Crippen LogP contribution in [0.15, 0.2) is 24.3 Å². The highest BCUT2D eigenvalue weighted by Gasteiger charge is 2.32. The summed E-state index contributed by atoms with van der Waals surface area (Å²) in [5.41, 5.74) is 1.17. The van der Waals surface area contributed by atoms with E-state index in [9.17, 15) is 4.79 Å². The molecule has 1 saturated carbocycles. The first-order valence-electron chi connectivity index (χ1n) is 7.17. The van der Waals surface area contributed by atoms with Crippen LogP contribution in [-0.4, -0.2) is 5.78 Å². The molecule has 2 heteroatoms. The van der Waals surface area contributed by atoms with Crippen LogP contribution in [0.1, 0.15) is 57.9 Å². The van der Waals surface area contributed by atoms with Gasteiger partial charge in [-0.2, -0.15) is 0 Å². The fourth-order valence-corrected chi connectivity index (χ4v) is 3.16. The Kier molecular flexibility index (Phi) is 4.35. The lowest BCUT2D eigenvalue weighted by molar-refractivity contribution is -0.131. The molecule has 0 aliphatic heterocycles. The van der Waals surface area contributed by atoms with E-state index < -0.39 is 0 Å². The second-order valence-electron chi connectivity index (χ2n) is 6.71. The van der Waals surface area contributed by atoms with Crippen molar-refractivity contribution < 1.29 is 4.79 Å². The van der Waals surface area contributed by atoms with E-state index >= 15 is 0 Å². The topological polar surface area (TPSA) is 17.1 Å². The number of hydrogen-bond acceptors (Lipinski definition) is 1. The lowest BCUT2D eigenvalue weighted by Gasteiger charge is -2.31. The van der Waals surface area contributed by atoms with Gasteiger partial charge in [0, 0.05) is 16.4 Å². The van der Waals surface area contributed by atoms with E-state index in [1.807, 2.05) is 32.9 Å². The SMILES string of the molecule is CC(C)(C)C(=O)C1CCC(c2ccc(Cl)cc2)CC1. The van der Waals surface area contributed by atoms with E-state index in [4.69, 9.17) is 11.6 Å². The second-order valence-corrected chi connectivity index (χ2v) is 7.15. The Balaban J connectivity index is 1.96. The Morgan fingerprint density at radius 1 is 1.05 bits per heavy atom. The molecule has 0 heterocycles. The number of hydrogen-bond donors (Lipinski definition) is 0. The maximum Gasteiger partial charge on any atom is 0.141 e. The quantitative estimate of drug-likeness (QED) is 0.724. The lowest BCUT2D eigenvalue weighted by Crippen LogP contribution is -2.30. The van der Waals surface area contributed by atoms with E-state index in [2.05, 4.69) is 12.1 Å². The fourth-order valence-electron chi connectivity index (χ4n) is 3.04. The molecule has 1 nitrogen and oxygen atoms in total. The van der Waals surface area contributed by atoms with Gasteiger partial charge in [0.05, 0.1) is 0 Å². The van der Waals surface area contributed by atoms with Gasteiger partial charge < -0.3 is 0 Å². The number of ketones is 1. The lowest BCUT2D eigenvalue weighted by atomic mass is 9.72. The molecule has 0 bridgehead atoms. The molecular formula is C17H23ClO. The fraction of sp³-hybridized carbons (Fsp3) is 0.588. The van der Waals surface area contributed by atoms with Crippen molar-refractivity contribution in [3.63, 3.8) is 0 Å². The van der Waals surface area contributed by atoms with Crippen LogP contribution in [0.25, 0.3) is 0 Å². The molecule has 2 rings (SSSR count). The van der Waals surface area contributed by atoms with Crippen molar-refractivity contribution >= 4 is 17.4 Å². The first-order valence-corrected chi connectivity index (χ1v) is 7.55.